The van der Waals surface area contributed by atoms with Gasteiger partial charge >= 0.3 is 6.18 Å². The summed E-state index contributed by atoms with van der Waals surface area (Å²) in [5, 5.41) is 0. The van der Waals surface area contributed by atoms with E-state index in [1.165, 1.54) is 0 Å². The molecule has 8 heteroatoms. The van der Waals surface area contributed by atoms with Crippen LogP contribution < -0.4 is 5.56 Å². The molecule has 1 N–H and O–H groups in total. The maximum Gasteiger partial charge on any atom is 0.411 e. The Bertz CT molecular complexity index is 500. The number of nitrogens with zero attached hydrogens (tertiary/aromatic N) is 1. The maximum absolute atomic E-state index is 11.9. The molecular formula is C12H16F3IN2O2. The summed E-state index contributed by atoms with van der Waals surface area (Å²) in [5.74, 6) is 0.695. The van der Waals surface area contributed by atoms with Gasteiger partial charge in [-0.1, -0.05) is 13.8 Å². The largest absolute Gasteiger partial charge is 0.411 e. The molecular weight excluding hydrogens is 388 g/mol. The average molecular weight is 404 g/mol. The third kappa shape index (κ3) is 6.21. The van der Waals surface area contributed by atoms with Gasteiger partial charge < -0.3 is 9.72 Å². The highest BCUT2D eigenvalue weighted by atomic mass is 127. The molecule has 0 radical (unpaired) electrons. The second-order valence-electron chi connectivity index (χ2n) is 4.79. The van der Waals surface area contributed by atoms with Crippen molar-refractivity contribution in [3.63, 3.8) is 0 Å². The van der Waals surface area contributed by atoms with Crippen molar-refractivity contribution in [1.82, 2.24) is 9.97 Å². The van der Waals surface area contributed by atoms with Gasteiger partial charge in [0.05, 0.1) is 15.9 Å². The van der Waals surface area contributed by atoms with Gasteiger partial charge in [-0.15, -0.1) is 0 Å². The van der Waals surface area contributed by atoms with Gasteiger partial charge in [0, 0.05) is 6.42 Å². The molecule has 1 rings (SSSR count). The smallest absolute Gasteiger partial charge is 0.372 e. The highest BCUT2D eigenvalue weighted by molar-refractivity contribution is 14.1. The van der Waals surface area contributed by atoms with E-state index < -0.39 is 12.8 Å². The molecule has 0 spiro atoms. The minimum atomic E-state index is -4.34. The van der Waals surface area contributed by atoms with Crippen LogP contribution in [0.3, 0.4) is 0 Å². The third-order valence-corrected chi connectivity index (χ3v) is 3.44. The second-order valence-corrected chi connectivity index (χ2v) is 5.87. The van der Waals surface area contributed by atoms with Gasteiger partial charge in [0.25, 0.3) is 5.56 Å². The highest BCUT2D eigenvalue weighted by Crippen LogP contribution is 2.14. The number of nitrogens with one attached hydrogen (secondary N) is 1. The Kier molecular flexibility index (Phi) is 6.44. The first-order chi connectivity index (χ1) is 9.19. The summed E-state index contributed by atoms with van der Waals surface area (Å²) in [4.78, 5) is 18.5. The van der Waals surface area contributed by atoms with Crippen LogP contribution in [-0.4, -0.2) is 29.4 Å². The molecule has 0 aliphatic carbocycles. The van der Waals surface area contributed by atoms with Crippen LogP contribution in [0.2, 0.25) is 0 Å². The van der Waals surface area contributed by atoms with Crippen molar-refractivity contribution in [2.75, 3.05) is 13.2 Å². The zero-order valence-corrected chi connectivity index (χ0v) is 13.3. The van der Waals surface area contributed by atoms with Crippen molar-refractivity contribution in [2.45, 2.75) is 32.9 Å². The second kappa shape index (κ2) is 7.39. The van der Waals surface area contributed by atoms with Crippen LogP contribution in [0.25, 0.3) is 0 Å². The van der Waals surface area contributed by atoms with E-state index in [2.05, 4.69) is 14.7 Å². The highest BCUT2D eigenvalue weighted by Gasteiger charge is 2.27. The Labute approximate surface area is 128 Å². The topological polar surface area (TPSA) is 55.0 Å². The number of H-pyrrole nitrogens is 1. The van der Waals surface area contributed by atoms with E-state index in [-0.39, 0.29) is 18.6 Å². The van der Waals surface area contributed by atoms with Crippen LogP contribution in [0.15, 0.2) is 4.79 Å². The van der Waals surface area contributed by atoms with Gasteiger partial charge in [0.2, 0.25) is 0 Å². The molecule has 0 aromatic carbocycles. The first-order valence-electron chi connectivity index (χ1n) is 6.11. The summed E-state index contributed by atoms with van der Waals surface area (Å²) in [7, 11) is 0. The Balaban J connectivity index is 2.67. The molecule has 0 saturated carbocycles. The Morgan fingerprint density at radius 2 is 2.05 bits per heavy atom. The van der Waals surface area contributed by atoms with Crippen LogP contribution >= 0.6 is 22.6 Å². The van der Waals surface area contributed by atoms with Crippen LogP contribution in [0.4, 0.5) is 13.2 Å². The molecule has 0 fully saturated rings. The Morgan fingerprint density at radius 3 is 2.60 bits per heavy atom. The van der Waals surface area contributed by atoms with Crippen molar-refractivity contribution in [3.8, 4) is 0 Å². The Hall–Kier alpha value is -0.640. The third-order valence-electron chi connectivity index (χ3n) is 2.33. The lowest BCUT2D eigenvalue weighted by Crippen LogP contribution is -2.21. The standard InChI is InChI=1S/C12H16F3IN2O2/c1-7(2)5-8-10(16)11(19)18-9(17-8)3-4-20-6-12(13,14)15/h7H,3-6H2,1-2H3,(H,17,18,19). The molecule has 1 heterocycles. The summed E-state index contributed by atoms with van der Waals surface area (Å²) < 4.78 is 40.7. The van der Waals surface area contributed by atoms with E-state index in [1.807, 2.05) is 36.4 Å². The first kappa shape index (κ1) is 17.4. The summed E-state index contributed by atoms with van der Waals surface area (Å²) in [5.41, 5.74) is 0.414. The molecule has 0 unspecified atom stereocenters. The van der Waals surface area contributed by atoms with Crippen LogP contribution in [-0.2, 0) is 17.6 Å². The number of aromatic amines is 1. The normalized spacial score (nSPS) is 12.2. The molecule has 0 aliphatic rings. The molecule has 0 amide bonds. The van der Waals surface area contributed by atoms with Crippen LogP contribution in [0, 0.1) is 9.49 Å². The van der Waals surface area contributed by atoms with Gasteiger partial charge in [-0.3, -0.25) is 4.79 Å². The number of hydrogen-bond acceptors (Lipinski definition) is 3. The average Bonchev–Trinajstić information content (AvgIpc) is 2.29. The van der Waals surface area contributed by atoms with E-state index in [4.69, 9.17) is 0 Å². The van der Waals surface area contributed by atoms with Gasteiger partial charge in [-0.2, -0.15) is 13.2 Å². The molecule has 1 aromatic heterocycles. The fourth-order valence-electron chi connectivity index (χ4n) is 1.55. The lowest BCUT2D eigenvalue weighted by Gasteiger charge is -2.10. The number of hydrogen-bond donors (Lipinski definition) is 1. The quantitative estimate of drug-likeness (QED) is 0.586. The predicted molar refractivity (Wildman–Crippen MR) is 76.7 cm³/mol. The molecule has 1 aromatic rings. The summed E-state index contributed by atoms with van der Waals surface area (Å²) >= 11 is 1.92. The van der Waals surface area contributed by atoms with Crippen LogP contribution in [0.1, 0.15) is 25.4 Å². The van der Waals surface area contributed by atoms with E-state index >= 15 is 0 Å². The van der Waals surface area contributed by atoms with Gasteiger partial charge in [0.1, 0.15) is 12.4 Å². The zero-order valence-electron chi connectivity index (χ0n) is 11.2. The maximum atomic E-state index is 11.9. The van der Waals surface area contributed by atoms with E-state index in [1.54, 1.807) is 0 Å². The molecule has 4 nitrogen and oxygen atoms in total. The molecule has 0 atom stereocenters. The van der Waals surface area contributed by atoms with Crippen molar-refractivity contribution in [2.24, 2.45) is 5.92 Å². The number of ether oxygens (including phenoxy) is 1. The van der Waals surface area contributed by atoms with Gasteiger partial charge in [-0.25, -0.2) is 4.98 Å². The minimum absolute atomic E-state index is 0.135. The summed E-state index contributed by atoms with van der Waals surface area (Å²) in [6.07, 6.45) is -3.54. The fourth-order valence-corrected chi connectivity index (χ4v) is 2.03. The SMILES string of the molecule is CC(C)Cc1nc(CCOCC(F)(F)F)[nH]c(=O)c1I. The van der Waals surface area contributed by atoms with Crippen molar-refractivity contribution in [1.29, 1.82) is 0 Å². The number of aromatic nitrogens is 2. The van der Waals surface area contributed by atoms with E-state index in [0.29, 0.717) is 27.4 Å². The van der Waals surface area contributed by atoms with E-state index in [0.717, 1.165) is 0 Å². The molecule has 0 bridgehead atoms. The van der Waals surface area contributed by atoms with Crippen LogP contribution in [0.5, 0.6) is 0 Å². The predicted octanol–water partition coefficient (Wildman–Crippen LogP) is 2.69. The summed E-state index contributed by atoms with van der Waals surface area (Å²) in [6.45, 7) is 2.58. The van der Waals surface area contributed by atoms with Crippen molar-refractivity contribution in [3.05, 3.63) is 25.4 Å². The van der Waals surface area contributed by atoms with Crippen molar-refractivity contribution >= 4 is 22.6 Å². The molecule has 114 valence electrons. The lowest BCUT2D eigenvalue weighted by atomic mass is 10.1. The monoisotopic (exact) mass is 404 g/mol. The minimum Gasteiger partial charge on any atom is -0.372 e. The zero-order chi connectivity index (χ0) is 15.3. The van der Waals surface area contributed by atoms with Crippen molar-refractivity contribution < 1.29 is 17.9 Å². The van der Waals surface area contributed by atoms with Gasteiger partial charge in [-0.05, 0) is 34.9 Å². The van der Waals surface area contributed by atoms with E-state index in [9.17, 15) is 18.0 Å². The number of alkyl halides is 3. The first-order valence-corrected chi connectivity index (χ1v) is 7.19. The lowest BCUT2D eigenvalue weighted by molar-refractivity contribution is -0.173. The summed E-state index contributed by atoms with van der Waals surface area (Å²) in [6, 6.07) is 0. The molecule has 0 aliphatic heterocycles. The fraction of sp³-hybridized carbons (Fsp3) is 0.667. The number of halogens is 4. The molecule has 20 heavy (non-hydrogen) atoms. The van der Waals surface area contributed by atoms with Gasteiger partial charge in [0.15, 0.2) is 0 Å². The number of rotatable bonds is 6. The molecule has 0 saturated heterocycles. The Morgan fingerprint density at radius 1 is 1.40 bits per heavy atom.